The largest absolute Gasteiger partial charge is 0.379 e. The quantitative estimate of drug-likeness (QED) is 0.764. The van der Waals surface area contributed by atoms with E-state index < -0.39 is 0 Å². The molecule has 0 aliphatic carbocycles. The first kappa shape index (κ1) is 18.1. The molecule has 1 atom stereocenters. The van der Waals surface area contributed by atoms with E-state index in [0.717, 1.165) is 45.8 Å². The molecular formula is C20H29N3O2S. The van der Waals surface area contributed by atoms with Crippen molar-refractivity contribution in [1.82, 2.24) is 9.80 Å². The van der Waals surface area contributed by atoms with Gasteiger partial charge in [0.1, 0.15) is 5.37 Å². The Bertz CT molecular complexity index is 598. The van der Waals surface area contributed by atoms with Crippen molar-refractivity contribution in [1.29, 1.82) is 0 Å². The zero-order valence-electron chi connectivity index (χ0n) is 15.4. The molecule has 0 bridgehead atoms. The number of hydrogen-bond donors (Lipinski definition) is 0. The number of benzene rings is 1. The molecule has 0 aromatic heterocycles. The summed E-state index contributed by atoms with van der Waals surface area (Å²) in [6, 6.07) is 8.91. The SMILES string of the molecule is O=C1CSC(c2ccc(N3CCCC3)cc2)N1CCCN1CCOCC1. The first-order chi connectivity index (χ1) is 12.8. The number of morpholine rings is 1. The van der Waals surface area contributed by atoms with Gasteiger partial charge in [-0.3, -0.25) is 9.69 Å². The van der Waals surface area contributed by atoms with Crippen LogP contribution >= 0.6 is 11.8 Å². The Hall–Kier alpha value is -1.24. The lowest BCUT2D eigenvalue weighted by Gasteiger charge is -2.29. The van der Waals surface area contributed by atoms with Crippen LogP contribution in [-0.2, 0) is 9.53 Å². The standard InChI is InChI=1S/C20H29N3O2S/c24-19-16-26-20(23(19)11-3-8-21-12-14-25-15-13-21)17-4-6-18(7-5-17)22-9-1-2-10-22/h4-7,20H,1-3,8-16H2. The zero-order valence-corrected chi connectivity index (χ0v) is 16.3. The Balaban J connectivity index is 1.34. The third-order valence-electron chi connectivity index (χ3n) is 5.59. The summed E-state index contributed by atoms with van der Waals surface area (Å²) in [4.78, 5) is 19.4. The molecule has 1 amide bonds. The fourth-order valence-corrected chi connectivity index (χ4v) is 5.31. The van der Waals surface area contributed by atoms with E-state index in [1.807, 2.05) is 0 Å². The van der Waals surface area contributed by atoms with Crippen molar-refractivity contribution in [3.8, 4) is 0 Å². The van der Waals surface area contributed by atoms with Gasteiger partial charge in [-0.25, -0.2) is 0 Å². The van der Waals surface area contributed by atoms with Gasteiger partial charge in [-0.15, -0.1) is 11.8 Å². The number of ether oxygens (including phenoxy) is 1. The number of carbonyl (C=O) groups is 1. The second-order valence-electron chi connectivity index (χ2n) is 7.34. The summed E-state index contributed by atoms with van der Waals surface area (Å²) >= 11 is 1.76. The highest BCUT2D eigenvalue weighted by Gasteiger charge is 2.32. The van der Waals surface area contributed by atoms with Crippen molar-refractivity contribution >= 4 is 23.4 Å². The normalized spacial score (nSPS) is 24.6. The highest BCUT2D eigenvalue weighted by Crippen LogP contribution is 2.39. The van der Waals surface area contributed by atoms with Gasteiger partial charge in [0.15, 0.2) is 0 Å². The van der Waals surface area contributed by atoms with Crippen LogP contribution in [0.5, 0.6) is 0 Å². The summed E-state index contributed by atoms with van der Waals surface area (Å²) in [6.07, 6.45) is 3.63. The molecule has 1 aromatic rings. The number of amides is 1. The van der Waals surface area contributed by atoms with Crippen LogP contribution in [0.15, 0.2) is 24.3 Å². The number of thioether (sulfide) groups is 1. The van der Waals surface area contributed by atoms with Crippen LogP contribution in [0, 0.1) is 0 Å². The predicted molar refractivity (Wildman–Crippen MR) is 107 cm³/mol. The average molecular weight is 376 g/mol. The monoisotopic (exact) mass is 375 g/mol. The van der Waals surface area contributed by atoms with E-state index in [2.05, 4.69) is 39.0 Å². The van der Waals surface area contributed by atoms with Crippen LogP contribution in [0.3, 0.4) is 0 Å². The maximum atomic E-state index is 12.4. The Kier molecular flexibility index (Phi) is 6.02. The average Bonchev–Trinajstić information content (AvgIpc) is 3.34. The Morgan fingerprint density at radius 1 is 1.00 bits per heavy atom. The number of nitrogens with zero attached hydrogens (tertiary/aromatic N) is 3. The van der Waals surface area contributed by atoms with Gasteiger partial charge >= 0.3 is 0 Å². The minimum absolute atomic E-state index is 0.180. The highest BCUT2D eigenvalue weighted by atomic mass is 32.2. The van der Waals surface area contributed by atoms with Gasteiger partial charge in [-0.05, 0) is 37.0 Å². The summed E-state index contributed by atoms with van der Waals surface area (Å²) in [6.45, 7) is 7.96. The molecule has 0 radical (unpaired) electrons. The zero-order chi connectivity index (χ0) is 17.8. The van der Waals surface area contributed by atoms with Crippen molar-refractivity contribution < 1.29 is 9.53 Å². The summed E-state index contributed by atoms with van der Waals surface area (Å²) in [5.74, 6) is 0.890. The lowest BCUT2D eigenvalue weighted by atomic mass is 10.1. The van der Waals surface area contributed by atoms with Crippen LogP contribution < -0.4 is 4.90 Å². The van der Waals surface area contributed by atoms with Crippen LogP contribution in [0.2, 0.25) is 0 Å². The van der Waals surface area contributed by atoms with Gasteiger partial charge in [0, 0.05) is 45.0 Å². The smallest absolute Gasteiger partial charge is 0.233 e. The molecule has 3 aliphatic heterocycles. The second kappa shape index (κ2) is 8.63. The molecular weight excluding hydrogens is 346 g/mol. The summed E-state index contributed by atoms with van der Waals surface area (Å²) in [5.41, 5.74) is 2.58. The molecule has 0 N–H and O–H groups in total. The predicted octanol–water partition coefficient (Wildman–Crippen LogP) is 2.58. The van der Waals surface area contributed by atoms with Crippen LogP contribution in [0.25, 0.3) is 0 Å². The number of anilines is 1. The minimum atomic E-state index is 0.180. The van der Waals surface area contributed by atoms with Crippen molar-refractivity contribution in [2.75, 3.05) is 63.1 Å². The fraction of sp³-hybridized carbons (Fsp3) is 0.650. The Labute approximate surface area is 160 Å². The van der Waals surface area contributed by atoms with Gasteiger partial charge in [0.25, 0.3) is 0 Å². The molecule has 1 aromatic carbocycles. The lowest BCUT2D eigenvalue weighted by molar-refractivity contribution is -0.128. The molecule has 4 rings (SSSR count). The molecule has 0 saturated carbocycles. The van der Waals surface area contributed by atoms with E-state index in [4.69, 9.17) is 4.74 Å². The molecule has 3 heterocycles. The summed E-state index contributed by atoms with van der Waals surface area (Å²) < 4.78 is 5.40. The summed E-state index contributed by atoms with van der Waals surface area (Å²) in [5, 5.41) is 0.180. The first-order valence-corrected chi connectivity index (χ1v) is 10.9. The van der Waals surface area contributed by atoms with Crippen molar-refractivity contribution in [2.45, 2.75) is 24.6 Å². The van der Waals surface area contributed by atoms with E-state index in [1.165, 1.54) is 37.2 Å². The van der Waals surface area contributed by atoms with E-state index >= 15 is 0 Å². The first-order valence-electron chi connectivity index (χ1n) is 9.87. The fourth-order valence-electron chi connectivity index (χ4n) is 4.09. The molecule has 5 nitrogen and oxygen atoms in total. The summed E-state index contributed by atoms with van der Waals surface area (Å²) in [7, 11) is 0. The molecule has 3 saturated heterocycles. The van der Waals surface area contributed by atoms with E-state index in [0.29, 0.717) is 5.75 Å². The van der Waals surface area contributed by atoms with Gasteiger partial charge in [0.05, 0.1) is 19.0 Å². The van der Waals surface area contributed by atoms with Crippen molar-refractivity contribution in [3.05, 3.63) is 29.8 Å². The third-order valence-corrected chi connectivity index (χ3v) is 6.85. The molecule has 0 spiro atoms. The van der Waals surface area contributed by atoms with Gasteiger partial charge in [0.2, 0.25) is 5.91 Å². The third kappa shape index (κ3) is 4.18. The maximum absolute atomic E-state index is 12.4. The van der Waals surface area contributed by atoms with E-state index in [1.54, 1.807) is 11.8 Å². The lowest BCUT2D eigenvalue weighted by Crippen LogP contribution is -2.38. The molecule has 3 fully saturated rings. The number of rotatable bonds is 6. The number of carbonyl (C=O) groups excluding carboxylic acids is 1. The van der Waals surface area contributed by atoms with Gasteiger partial charge in [-0.2, -0.15) is 0 Å². The topological polar surface area (TPSA) is 36.0 Å². The second-order valence-corrected chi connectivity index (χ2v) is 8.41. The molecule has 142 valence electrons. The molecule has 26 heavy (non-hydrogen) atoms. The minimum Gasteiger partial charge on any atom is -0.379 e. The van der Waals surface area contributed by atoms with Crippen LogP contribution in [-0.4, -0.2) is 73.9 Å². The Morgan fingerprint density at radius 3 is 2.46 bits per heavy atom. The van der Waals surface area contributed by atoms with Crippen LogP contribution in [0.1, 0.15) is 30.2 Å². The van der Waals surface area contributed by atoms with Gasteiger partial charge in [-0.1, -0.05) is 12.1 Å². The molecule has 1 unspecified atom stereocenters. The van der Waals surface area contributed by atoms with Gasteiger partial charge < -0.3 is 14.5 Å². The molecule has 3 aliphatic rings. The van der Waals surface area contributed by atoms with E-state index in [9.17, 15) is 4.79 Å². The Morgan fingerprint density at radius 2 is 1.73 bits per heavy atom. The van der Waals surface area contributed by atoms with Crippen molar-refractivity contribution in [3.63, 3.8) is 0 Å². The van der Waals surface area contributed by atoms with Crippen molar-refractivity contribution in [2.24, 2.45) is 0 Å². The van der Waals surface area contributed by atoms with E-state index in [-0.39, 0.29) is 11.3 Å². The highest BCUT2D eigenvalue weighted by molar-refractivity contribution is 8.00. The molecule has 6 heteroatoms. The van der Waals surface area contributed by atoms with Crippen LogP contribution in [0.4, 0.5) is 5.69 Å². The maximum Gasteiger partial charge on any atom is 0.233 e. The number of hydrogen-bond acceptors (Lipinski definition) is 5.